The Kier molecular flexibility index (Phi) is 7.52. The zero-order valence-electron chi connectivity index (χ0n) is 20.6. The zero-order valence-corrected chi connectivity index (χ0v) is 21.5. The second-order valence-electron chi connectivity index (χ2n) is 8.78. The van der Waals surface area contributed by atoms with Crippen molar-refractivity contribution >= 4 is 46.3 Å². The lowest BCUT2D eigenvalue weighted by molar-refractivity contribution is -0.120. The number of amides is 1. The summed E-state index contributed by atoms with van der Waals surface area (Å²) in [5.41, 5.74) is 4.32. The van der Waals surface area contributed by atoms with Crippen molar-refractivity contribution in [2.75, 3.05) is 23.3 Å². The number of hydrogen-bond acceptors (Lipinski definition) is 8. The van der Waals surface area contributed by atoms with Crippen LogP contribution in [0.25, 0.3) is 11.0 Å². The van der Waals surface area contributed by atoms with E-state index in [4.69, 9.17) is 5.73 Å². The van der Waals surface area contributed by atoms with Crippen molar-refractivity contribution < 1.29 is 19.1 Å². The summed E-state index contributed by atoms with van der Waals surface area (Å²) in [6.45, 7) is 6.45. The van der Waals surface area contributed by atoms with Crippen molar-refractivity contribution in [3.63, 3.8) is 0 Å². The van der Waals surface area contributed by atoms with Gasteiger partial charge >= 0.3 is 5.97 Å². The van der Waals surface area contributed by atoms with Gasteiger partial charge in [0.1, 0.15) is 11.2 Å². The second kappa shape index (κ2) is 10.6. The lowest BCUT2D eigenvalue weighted by atomic mass is 9.98. The number of rotatable bonds is 9. The predicted molar refractivity (Wildman–Crippen MR) is 140 cm³/mol. The molecule has 196 valence electrons. The van der Waals surface area contributed by atoms with E-state index in [1.165, 1.54) is 35.6 Å². The number of aryl methyl sites for hydroxylation is 2. The molecule has 0 aliphatic carbocycles. The largest absolute Gasteiger partial charge is 0.477 e. The molecule has 0 spiro atoms. The van der Waals surface area contributed by atoms with Gasteiger partial charge in [0.25, 0.3) is 0 Å². The number of nitrogens with one attached hydrogen (secondary N) is 1. The van der Waals surface area contributed by atoms with Crippen LogP contribution < -0.4 is 21.4 Å². The number of carboxylic acid groups (broad SMARTS) is 1. The van der Waals surface area contributed by atoms with Crippen LogP contribution in [0.4, 0.5) is 16.0 Å². The van der Waals surface area contributed by atoms with E-state index < -0.39 is 34.1 Å². The molecule has 4 N–H and O–H groups in total. The Hall–Kier alpha value is -3.87. The molecule has 13 heteroatoms. The van der Waals surface area contributed by atoms with Crippen LogP contribution in [0.2, 0.25) is 0 Å². The van der Waals surface area contributed by atoms with Gasteiger partial charge in [-0.15, -0.1) is 11.8 Å². The molecule has 1 unspecified atom stereocenters. The van der Waals surface area contributed by atoms with Crippen molar-refractivity contribution in [2.24, 2.45) is 11.7 Å². The van der Waals surface area contributed by atoms with Gasteiger partial charge in [0, 0.05) is 49.9 Å². The average molecular weight is 530 g/mol. The van der Waals surface area contributed by atoms with Gasteiger partial charge in [-0.05, 0) is 25.7 Å². The molecule has 1 atom stereocenters. The van der Waals surface area contributed by atoms with Gasteiger partial charge in [0.2, 0.25) is 11.3 Å². The number of halogens is 1. The highest BCUT2D eigenvalue weighted by atomic mass is 32.2. The van der Waals surface area contributed by atoms with Gasteiger partial charge in [0.15, 0.2) is 17.5 Å². The van der Waals surface area contributed by atoms with Gasteiger partial charge in [-0.1, -0.05) is 6.92 Å². The topological polar surface area (TPSA) is 148 Å². The number of carboxylic acids is 1. The number of hydrogen-bond donors (Lipinski definition) is 3. The minimum absolute atomic E-state index is 0.00258. The Morgan fingerprint density at radius 2 is 2.14 bits per heavy atom. The zero-order chi connectivity index (χ0) is 26.9. The summed E-state index contributed by atoms with van der Waals surface area (Å²) in [4.78, 5) is 43.4. The number of nitrogens with zero attached hydrogens (tertiary/aromatic N) is 5. The molecular formula is C24H28FN7O4S. The molecule has 0 radical (unpaired) electrons. The molecule has 1 saturated heterocycles. The quantitative estimate of drug-likeness (QED) is 0.380. The minimum Gasteiger partial charge on any atom is -0.477 e. The number of anilines is 2. The highest BCUT2D eigenvalue weighted by molar-refractivity contribution is 8.02. The van der Waals surface area contributed by atoms with E-state index in [-0.39, 0.29) is 41.4 Å². The lowest BCUT2D eigenvalue weighted by Crippen LogP contribution is -2.53. The molecular weight excluding hydrogens is 501 g/mol. The second-order valence-corrected chi connectivity index (χ2v) is 10.0. The number of aromatic carboxylic acids is 1. The number of carbonyl (C=O) groups excluding carboxylic acids is 1. The van der Waals surface area contributed by atoms with Gasteiger partial charge in [-0.25, -0.2) is 14.2 Å². The molecule has 3 aromatic rings. The maximum Gasteiger partial charge on any atom is 0.341 e. The molecule has 11 nitrogen and oxygen atoms in total. The molecule has 0 bridgehead atoms. The van der Waals surface area contributed by atoms with Crippen LogP contribution in [0.5, 0.6) is 0 Å². The standard InChI is InChI=1S/C24H28FN7O4S/c1-4-7-31-8-5-17(29-31)27-23(34)15-10-30(11-15)22-19(25)13(2)18-20(33)16(24(35)36)12-32(21(18)28-22)14(3)37-9-6-26/h5-6,8-9,12,14-15H,4,7,10-11,26H2,1-3H3,(H,35,36)(H,27,29,34)/b9-6-. The van der Waals surface area contributed by atoms with Crippen LogP contribution in [0.15, 0.2) is 34.9 Å². The van der Waals surface area contributed by atoms with Gasteiger partial charge in [0.05, 0.1) is 16.7 Å². The van der Waals surface area contributed by atoms with E-state index in [1.807, 2.05) is 6.92 Å². The Bertz CT molecular complexity index is 1450. The fraction of sp³-hybridized carbons (Fsp3) is 0.375. The maximum absolute atomic E-state index is 15.5. The first kappa shape index (κ1) is 26.2. The third-order valence-corrected chi connectivity index (χ3v) is 7.13. The van der Waals surface area contributed by atoms with Crippen LogP contribution in [-0.2, 0) is 11.3 Å². The SMILES string of the molecule is CCCn1ccc(NC(=O)C2CN(c3nc4c(c(C)c3F)c(=O)c(C(=O)O)cn4C(C)S/C=C\N)C2)n1. The molecule has 1 aliphatic heterocycles. The van der Waals surface area contributed by atoms with E-state index in [2.05, 4.69) is 15.4 Å². The van der Waals surface area contributed by atoms with Crippen LogP contribution in [0.1, 0.15) is 41.6 Å². The fourth-order valence-corrected chi connectivity index (χ4v) is 4.80. The summed E-state index contributed by atoms with van der Waals surface area (Å²) in [7, 11) is 0. The Morgan fingerprint density at radius 3 is 2.78 bits per heavy atom. The summed E-state index contributed by atoms with van der Waals surface area (Å²) in [5.74, 6) is -2.29. The third kappa shape index (κ3) is 5.03. The van der Waals surface area contributed by atoms with E-state index in [9.17, 15) is 19.5 Å². The Morgan fingerprint density at radius 1 is 1.41 bits per heavy atom. The maximum atomic E-state index is 15.5. The highest BCUT2D eigenvalue weighted by Crippen LogP contribution is 2.33. The molecule has 3 aromatic heterocycles. The first-order chi connectivity index (χ1) is 17.7. The van der Waals surface area contributed by atoms with Gasteiger partial charge in [-0.2, -0.15) is 5.10 Å². The highest BCUT2D eigenvalue weighted by Gasteiger charge is 2.36. The molecule has 4 heterocycles. The smallest absolute Gasteiger partial charge is 0.341 e. The molecule has 0 aromatic carbocycles. The van der Waals surface area contributed by atoms with Crippen molar-refractivity contribution in [3.8, 4) is 0 Å². The summed E-state index contributed by atoms with van der Waals surface area (Å²) < 4.78 is 18.7. The molecule has 0 saturated carbocycles. The monoisotopic (exact) mass is 529 g/mol. The molecule has 4 rings (SSSR count). The van der Waals surface area contributed by atoms with Crippen LogP contribution in [0.3, 0.4) is 0 Å². The lowest BCUT2D eigenvalue weighted by Gasteiger charge is -2.39. The summed E-state index contributed by atoms with van der Waals surface area (Å²) in [6.07, 6.45) is 5.27. The fourth-order valence-electron chi connectivity index (χ4n) is 4.19. The van der Waals surface area contributed by atoms with Crippen molar-refractivity contribution in [1.82, 2.24) is 19.3 Å². The number of thioether (sulfide) groups is 1. The average Bonchev–Trinajstić information content (AvgIpc) is 3.26. The minimum atomic E-state index is -1.41. The normalized spacial score (nSPS) is 14.8. The first-order valence-electron chi connectivity index (χ1n) is 11.8. The number of fused-ring (bicyclic) bond motifs is 1. The van der Waals surface area contributed by atoms with E-state index >= 15 is 4.39 Å². The van der Waals surface area contributed by atoms with E-state index in [1.54, 1.807) is 34.2 Å². The Balaban J connectivity index is 1.64. The van der Waals surface area contributed by atoms with Crippen molar-refractivity contribution in [1.29, 1.82) is 0 Å². The molecule has 1 fully saturated rings. The number of nitrogens with two attached hydrogens (primary N) is 1. The molecule has 1 aliphatic rings. The van der Waals surface area contributed by atoms with Crippen molar-refractivity contribution in [2.45, 2.75) is 39.1 Å². The van der Waals surface area contributed by atoms with E-state index in [0.29, 0.717) is 5.82 Å². The van der Waals surface area contributed by atoms with Crippen LogP contribution in [-0.4, -0.2) is 49.4 Å². The van der Waals surface area contributed by atoms with Crippen molar-refractivity contribution in [3.05, 3.63) is 57.2 Å². The van der Waals surface area contributed by atoms with Crippen LogP contribution >= 0.6 is 11.8 Å². The number of carbonyl (C=O) groups is 2. The summed E-state index contributed by atoms with van der Waals surface area (Å²) in [6, 6.07) is 1.72. The third-order valence-electron chi connectivity index (χ3n) is 6.19. The van der Waals surface area contributed by atoms with Crippen LogP contribution in [0, 0.1) is 18.7 Å². The summed E-state index contributed by atoms with van der Waals surface area (Å²) in [5, 5.41) is 17.8. The molecule has 37 heavy (non-hydrogen) atoms. The van der Waals surface area contributed by atoms with Gasteiger partial charge < -0.3 is 25.6 Å². The summed E-state index contributed by atoms with van der Waals surface area (Å²) >= 11 is 1.28. The number of pyridine rings is 2. The van der Waals surface area contributed by atoms with Gasteiger partial charge in [-0.3, -0.25) is 14.3 Å². The first-order valence-corrected chi connectivity index (χ1v) is 12.7. The van der Waals surface area contributed by atoms with E-state index in [0.717, 1.165) is 13.0 Å². The Labute approximate surface area is 216 Å². The number of aromatic nitrogens is 4. The predicted octanol–water partition coefficient (Wildman–Crippen LogP) is 2.91. The molecule has 1 amide bonds.